The van der Waals surface area contributed by atoms with E-state index in [2.05, 4.69) is 18.1 Å². The Morgan fingerprint density at radius 3 is 2.88 bits per heavy atom. The maximum Gasteiger partial charge on any atom is 0.0777 e. The van der Waals surface area contributed by atoms with Crippen LogP contribution in [0.25, 0.3) is 0 Å². The number of hydrogen-bond donors (Lipinski definition) is 1. The molecule has 0 aromatic carbocycles. The second-order valence-corrected chi connectivity index (χ2v) is 5.88. The van der Waals surface area contributed by atoms with Crippen LogP contribution >= 0.6 is 11.8 Å². The van der Waals surface area contributed by atoms with E-state index >= 15 is 0 Å². The molecule has 3 nitrogen and oxygen atoms in total. The topological polar surface area (TPSA) is 38.5 Å². The molecule has 0 radical (unpaired) electrons. The van der Waals surface area contributed by atoms with Crippen LogP contribution in [0.15, 0.2) is 0 Å². The van der Waals surface area contributed by atoms with Gasteiger partial charge >= 0.3 is 0 Å². The third-order valence-electron chi connectivity index (χ3n) is 3.62. The lowest BCUT2D eigenvalue weighted by Crippen LogP contribution is -2.53. The fraction of sp³-hybridized carbons (Fsp3) is 1.00. The molecule has 0 aromatic rings. The number of methoxy groups -OCH3 is 1. The quantitative estimate of drug-likeness (QED) is 0.772. The van der Waals surface area contributed by atoms with Gasteiger partial charge in [0.15, 0.2) is 0 Å². The molecule has 0 amide bonds. The first-order chi connectivity index (χ1) is 7.65. The van der Waals surface area contributed by atoms with Crippen molar-refractivity contribution in [2.45, 2.75) is 37.8 Å². The van der Waals surface area contributed by atoms with Crippen LogP contribution in [0.4, 0.5) is 0 Å². The van der Waals surface area contributed by atoms with Crippen LogP contribution in [0.2, 0.25) is 0 Å². The van der Waals surface area contributed by atoms with Gasteiger partial charge in [-0.15, -0.1) is 0 Å². The highest BCUT2D eigenvalue weighted by molar-refractivity contribution is 7.98. The van der Waals surface area contributed by atoms with E-state index < -0.39 is 0 Å². The number of ether oxygens (including phenoxy) is 1. The molecule has 1 aliphatic heterocycles. The van der Waals surface area contributed by atoms with Crippen molar-refractivity contribution in [1.29, 1.82) is 0 Å². The highest BCUT2D eigenvalue weighted by atomic mass is 32.2. The molecule has 2 atom stereocenters. The Morgan fingerprint density at radius 1 is 1.56 bits per heavy atom. The molecule has 2 N–H and O–H groups in total. The van der Waals surface area contributed by atoms with Crippen molar-refractivity contribution in [2.24, 2.45) is 5.73 Å². The summed E-state index contributed by atoms with van der Waals surface area (Å²) in [5.74, 6) is 1.20. The summed E-state index contributed by atoms with van der Waals surface area (Å²) in [6.45, 7) is 5.18. The Labute approximate surface area is 104 Å². The highest BCUT2D eigenvalue weighted by Gasteiger charge is 2.33. The highest BCUT2D eigenvalue weighted by Crippen LogP contribution is 2.25. The van der Waals surface area contributed by atoms with Crippen LogP contribution in [0.3, 0.4) is 0 Å². The Morgan fingerprint density at radius 2 is 2.31 bits per heavy atom. The van der Waals surface area contributed by atoms with E-state index in [0.29, 0.717) is 6.04 Å². The zero-order valence-electron chi connectivity index (χ0n) is 10.9. The second kappa shape index (κ2) is 6.84. The van der Waals surface area contributed by atoms with Gasteiger partial charge in [0.05, 0.1) is 5.60 Å². The van der Waals surface area contributed by atoms with Crippen molar-refractivity contribution in [1.82, 2.24) is 4.90 Å². The van der Waals surface area contributed by atoms with Crippen LogP contribution in [0.1, 0.15) is 26.2 Å². The van der Waals surface area contributed by atoms with E-state index in [1.165, 1.54) is 31.6 Å². The molecular formula is C12H26N2OS. The van der Waals surface area contributed by atoms with Gasteiger partial charge in [-0.1, -0.05) is 0 Å². The molecular weight excluding hydrogens is 220 g/mol. The fourth-order valence-electron chi connectivity index (χ4n) is 2.43. The van der Waals surface area contributed by atoms with Crippen LogP contribution < -0.4 is 5.73 Å². The minimum Gasteiger partial charge on any atom is -0.377 e. The minimum absolute atomic E-state index is 0.0328. The third-order valence-corrected chi connectivity index (χ3v) is 4.27. The largest absolute Gasteiger partial charge is 0.377 e. The maximum absolute atomic E-state index is 5.88. The van der Waals surface area contributed by atoms with Gasteiger partial charge < -0.3 is 10.5 Å². The summed E-state index contributed by atoms with van der Waals surface area (Å²) in [4.78, 5) is 2.52. The van der Waals surface area contributed by atoms with Gasteiger partial charge in [0, 0.05) is 26.2 Å². The Hall–Kier alpha value is 0.230. The van der Waals surface area contributed by atoms with Gasteiger partial charge in [-0.05, 0) is 44.7 Å². The molecule has 0 aromatic heterocycles. The molecule has 1 saturated heterocycles. The number of piperidine rings is 1. The predicted molar refractivity (Wildman–Crippen MR) is 72.1 cm³/mol. The number of likely N-dealkylation sites (tertiary alicyclic amines) is 1. The summed E-state index contributed by atoms with van der Waals surface area (Å²) in [5.41, 5.74) is 5.92. The molecule has 4 heteroatoms. The molecule has 1 rings (SSSR count). The second-order valence-electron chi connectivity index (χ2n) is 4.90. The van der Waals surface area contributed by atoms with Crippen molar-refractivity contribution in [3.8, 4) is 0 Å². The van der Waals surface area contributed by atoms with Crippen molar-refractivity contribution < 1.29 is 4.74 Å². The molecule has 0 spiro atoms. The third kappa shape index (κ3) is 3.91. The van der Waals surface area contributed by atoms with Gasteiger partial charge in [-0.2, -0.15) is 11.8 Å². The molecule has 0 bridgehead atoms. The van der Waals surface area contributed by atoms with Crippen LogP contribution in [-0.2, 0) is 4.74 Å². The van der Waals surface area contributed by atoms with E-state index in [4.69, 9.17) is 10.5 Å². The average molecular weight is 246 g/mol. The van der Waals surface area contributed by atoms with E-state index in [9.17, 15) is 0 Å². The minimum atomic E-state index is 0.0328. The van der Waals surface area contributed by atoms with Gasteiger partial charge in [0.25, 0.3) is 0 Å². The van der Waals surface area contributed by atoms with Gasteiger partial charge in [-0.25, -0.2) is 0 Å². The fourth-order valence-corrected chi connectivity index (χ4v) is 2.93. The first kappa shape index (κ1) is 14.3. The Kier molecular flexibility index (Phi) is 6.11. The lowest BCUT2D eigenvalue weighted by atomic mass is 9.93. The molecule has 16 heavy (non-hydrogen) atoms. The zero-order chi connectivity index (χ0) is 12.0. The lowest BCUT2D eigenvalue weighted by Gasteiger charge is -2.43. The summed E-state index contributed by atoms with van der Waals surface area (Å²) < 4.78 is 5.62. The molecule has 1 heterocycles. The van der Waals surface area contributed by atoms with Crippen molar-refractivity contribution in [2.75, 3.05) is 38.8 Å². The summed E-state index contributed by atoms with van der Waals surface area (Å²) in [6, 6.07) is 0.530. The van der Waals surface area contributed by atoms with Crippen molar-refractivity contribution in [3.63, 3.8) is 0 Å². The molecule has 0 saturated carbocycles. The van der Waals surface area contributed by atoms with Crippen LogP contribution in [0, 0.1) is 0 Å². The van der Waals surface area contributed by atoms with E-state index in [0.717, 1.165) is 13.1 Å². The van der Waals surface area contributed by atoms with Gasteiger partial charge in [0.2, 0.25) is 0 Å². The normalized spacial score (nSPS) is 29.2. The van der Waals surface area contributed by atoms with Crippen LogP contribution in [-0.4, -0.2) is 55.3 Å². The standard InChI is InChI=1S/C12H26N2OS/c1-12(15-2)6-4-7-14(10-12)11(9-13)5-8-16-3/h11H,4-10,13H2,1-3H3. The molecule has 96 valence electrons. The summed E-state index contributed by atoms with van der Waals surface area (Å²) in [5, 5.41) is 0. The predicted octanol–water partition coefficient (Wildman–Crippen LogP) is 1.57. The molecule has 1 aliphatic rings. The van der Waals surface area contributed by atoms with E-state index in [1.54, 1.807) is 0 Å². The number of nitrogens with zero attached hydrogens (tertiary/aromatic N) is 1. The summed E-state index contributed by atoms with van der Waals surface area (Å²) in [6.07, 6.45) is 5.74. The van der Waals surface area contributed by atoms with Gasteiger partial charge in [0.1, 0.15) is 0 Å². The number of rotatable bonds is 6. The molecule has 2 unspecified atom stereocenters. The molecule has 1 fully saturated rings. The van der Waals surface area contributed by atoms with Crippen molar-refractivity contribution >= 4 is 11.8 Å². The first-order valence-electron chi connectivity index (χ1n) is 6.13. The lowest BCUT2D eigenvalue weighted by molar-refractivity contribution is -0.0605. The monoisotopic (exact) mass is 246 g/mol. The number of nitrogens with two attached hydrogens (primary N) is 1. The first-order valence-corrected chi connectivity index (χ1v) is 7.53. The maximum atomic E-state index is 5.88. The Bertz CT molecular complexity index is 203. The van der Waals surface area contributed by atoms with E-state index in [1.807, 2.05) is 18.9 Å². The SMILES string of the molecule is COC1(C)CCCN(C(CN)CCSC)C1. The number of thioether (sulfide) groups is 1. The number of hydrogen-bond acceptors (Lipinski definition) is 4. The summed E-state index contributed by atoms with van der Waals surface area (Å²) in [7, 11) is 1.82. The van der Waals surface area contributed by atoms with E-state index in [-0.39, 0.29) is 5.60 Å². The zero-order valence-corrected chi connectivity index (χ0v) is 11.7. The van der Waals surface area contributed by atoms with Gasteiger partial charge in [-0.3, -0.25) is 4.90 Å². The molecule has 0 aliphatic carbocycles. The average Bonchev–Trinajstić information content (AvgIpc) is 2.30. The van der Waals surface area contributed by atoms with Crippen LogP contribution in [0.5, 0.6) is 0 Å². The van der Waals surface area contributed by atoms with Crippen molar-refractivity contribution in [3.05, 3.63) is 0 Å². The Balaban J connectivity index is 2.50. The smallest absolute Gasteiger partial charge is 0.0777 e. The summed E-state index contributed by atoms with van der Waals surface area (Å²) >= 11 is 1.90.